The topological polar surface area (TPSA) is 59.4 Å². The Morgan fingerprint density at radius 2 is 2.24 bits per heavy atom. The van der Waals surface area contributed by atoms with Gasteiger partial charge in [-0.1, -0.05) is 0 Å². The highest BCUT2D eigenvalue weighted by molar-refractivity contribution is 7.12. The highest BCUT2D eigenvalue weighted by Crippen LogP contribution is 2.31. The molecular weight excluding hydrogens is 238 g/mol. The number of carboxylic acid groups (broad SMARTS) is 1. The minimum atomic E-state index is -0.939. The molecule has 2 heterocycles. The Bertz CT molecular complexity index is 433. The first kappa shape index (κ1) is 12.3. The molecule has 0 aromatic carbocycles. The van der Waals surface area contributed by atoms with Crippen molar-refractivity contribution >= 4 is 23.4 Å². The van der Waals surface area contributed by atoms with Crippen LogP contribution in [0.5, 0.6) is 0 Å². The second kappa shape index (κ2) is 5.42. The van der Waals surface area contributed by atoms with Gasteiger partial charge in [-0.2, -0.15) is 0 Å². The molecule has 92 valence electrons. The summed E-state index contributed by atoms with van der Waals surface area (Å²) in [6, 6.07) is 0. The van der Waals surface area contributed by atoms with Crippen LogP contribution in [0.25, 0.3) is 6.08 Å². The van der Waals surface area contributed by atoms with Gasteiger partial charge in [0.25, 0.3) is 0 Å². The van der Waals surface area contributed by atoms with E-state index in [-0.39, 0.29) is 0 Å². The zero-order chi connectivity index (χ0) is 12.3. The Hall–Kier alpha value is -1.20. The van der Waals surface area contributed by atoms with Gasteiger partial charge >= 0.3 is 5.97 Å². The van der Waals surface area contributed by atoms with Crippen molar-refractivity contribution in [3.63, 3.8) is 0 Å². The summed E-state index contributed by atoms with van der Waals surface area (Å²) in [6.07, 6.45) is 4.70. The third-order valence-electron chi connectivity index (χ3n) is 2.83. The molecule has 1 saturated heterocycles. The summed E-state index contributed by atoms with van der Waals surface area (Å²) in [7, 11) is 0. The summed E-state index contributed by atoms with van der Waals surface area (Å²) >= 11 is 1.55. The van der Waals surface area contributed by atoms with Gasteiger partial charge < -0.3 is 9.84 Å². The van der Waals surface area contributed by atoms with Crippen LogP contribution in [-0.2, 0) is 9.53 Å². The fourth-order valence-electron chi connectivity index (χ4n) is 1.99. The maximum Gasteiger partial charge on any atom is 0.328 e. The lowest BCUT2D eigenvalue weighted by molar-refractivity contribution is -0.131. The van der Waals surface area contributed by atoms with Crippen LogP contribution in [0.3, 0.4) is 0 Å². The molecule has 4 nitrogen and oxygen atoms in total. The molecule has 0 radical (unpaired) electrons. The normalized spacial score (nSPS) is 17.7. The number of aryl methyl sites for hydroxylation is 1. The van der Waals surface area contributed by atoms with Crippen LogP contribution in [0, 0.1) is 6.92 Å². The standard InChI is InChI=1S/C12H15NO3S/c1-8-12(9-4-6-16-7-5-9)13-10(17-8)2-3-11(14)15/h2-3,9H,4-7H2,1H3,(H,14,15)/b3-2+. The monoisotopic (exact) mass is 253 g/mol. The lowest BCUT2D eigenvalue weighted by Gasteiger charge is -2.20. The van der Waals surface area contributed by atoms with E-state index >= 15 is 0 Å². The molecule has 0 aliphatic carbocycles. The van der Waals surface area contributed by atoms with Gasteiger partial charge in [0.15, 0.2) is 0 Å². The van der Waals surface area contributed by atoms with E-state index in [1.807, 2.05) is 6.92 Å². The Morgan fingerprint density at radius 3 is 2.88 bits per heavy atom. The molecule has 1 aliphatic heterocycles. The van der Waals surface area contributed by atoms with Crippen molar-refractivity contribution in [2.24, 2.45) is 0 Å². The number of carbonyl (C=O) groups is 1. The van der Waals surface area contributed by atoms with E-state index in [9.17, 15) is 4.79 Å². The number of rotatable bonds is 3. The number of aliphatic carboxylic acids is 1. The molecule has 0 atom stereocenters. The number of aromatic nitrogens is 1. The fourth-order valence-corrected chi connectivity index (χ4v) is 2.90. The highest BCUT2D eigenvalue weighted by atomic mass is 32.1. The molecule has 1 aromatic rings. The van der Waals surface area contributed by atoms with Gasteiger partial charge in [-0.15, -0.1) is 11.3 Å². The summed E-state index contributed by atoms with van der Waals surface area (Å²) in [5.74, 6) is -0.475. The lowest BCUT2D eigenvalue weighted by Crippen LogP contribution is -2.15. The lowest BCUT2D eigenvalue weighted by atomic mass is 9.96. The summed E-state index contributed by atoms with van der Waals surface area (Å²) in [5.41, 5.74) is 1.11. The predicted molar refractivity (Wildman–Crippen MR) is 66.3 cm³/mol. The number of nitrogens with zero attached hydrogens (tertiary/aromatic N) is 1. The van der Waals surface area contributed by atoms with Crippen molar-refractivity contribution in [2.75, 3.05) is 13.2 Å². The third kappa shape index (κ3) is 3.14. The molecule has 1 N–H and O–H groups in total. The fraction of sp³-hybridized carbons (Fsp3) is 0.500. The van der Waals surface area contributed by atoms with Crippen molar-refractivity contribution in [2.45, 2.75) is 25.7 Å². The van der Waals surface area contributed by atoms with Gasteiger partial charge in [0.05, 0.1) is 5.69 Å². The average molecular weight is 253 g/mol. The summed E-state index contributed by atoms with van der Waals surface area (Å²) in [6.45, 7) is 3.63. The molecule has 0 bridgehead atoms. The molecule has 0 saturated carbocycles. The van der Waals surface area contributed by atoms with Crippen molar-refractivity contribution < 1.29 is 14.6 Å². The number of ether oxygens (including phenoxy) is 1. The van der Waals surface area contributed by atoms with Crippen LogP contribution in [0.15, 0.2) is 6.08 Å². The zero-order valence-corrected chi connectivity index (χ0v) is 10.5. The maximum atomic E-state index is 10.4. The summed E-state index contributed by atoms with van der Waals surface area (Å²) in [4.78, 5) is 16.1. The van der Waals surface area contributed by atoms with Gasteiger partial charge in [-0.05, 0) is 25.8 Å². The Labute approximate surface area is 104 Å². The minimum absolute atomic E-state index is 0.465. The molecule has 5 heteroatoms. The quantitative estimate of drug-likeness (QED) is 0.840. The first-order valence-electron chi connectivity index (χ1n) is 5.63. The van der Waals surface area contributed by atoms with E-state index < -0.39 is 5.97 Å². The van der Waals surface area contributed by atoms with Crippen molar-refractivity contribution in [1.29, 1.82) is 0 Å². The molecule has 0 spiro atoms. The van der Waals surface area contributed by atoms with E-state index in [4.69, 9.17) is 9.84 Å². The van der Waals surface area contributed by atoms with Gasteiger partial charge in [-0.3, -0.25) is 0 Å². The molecule has 1 aromatic heterocycles. The molecule has 2 rings (SSSR count). The van der Waals surface area contributed by atoms with Gasteiger partial charge in [-0.25, -0.2) is 9.78 Å². The second-order valence-electron chi connectivity index (χ2n) is 4.05. The Morgan fingerprint density at radius 1 is 1.53 bits per heavy atom. The number of carboxylic acids is 1. The zero-order valence-electron chi connectivity index (χ0n) is 9.68. The third-order valence-corrected chi connectivity index (χ3v) is 3.78. The van der Waals surface area contributed by atoms with Gasteiger partial charge in [0, 0.05) is 30.1 Å². The second-order valence-corrected chi connectivity index (χ2v) is 5.29. The molecule has 17 heavy (non-hydrogen) atoms. The van der Waals surface area contributed by atoms with Crippen LogP contribution in [0.4, 0.5) is 0 Å². The van der Waals surface area contributed by atoms with Crippen LogP contribution >= 0.6 is 11.3 Å². The number of thiazole rings is 1. The van der Waals surface area contributed by atoms with E-state index in [0.29, 0.717) is 5.92 Å². The van der Waals surface area contributed by atoms with Crippen molar-refractivity contribution in [3.8, 4) is 0 Å². The van der Waals surface area contributed by atoms with E-state index in [2.05, 4.69) is 4.98 Å². The average Bonchev–Trinajstić information content (AvgIpc) is 2.69. The van der Waals surface area contributed by atoms with Crippen molar-refractivity contribution in [3.05, 3.63) is 21.7 Å². The molecular formula is C12H15NO3S. The largest absolute Gasteiger partial charge is 0.478 e. The van der Waals surface area contributed by atoms with Crippen LogP contribution in [-0.4, -0.2) is 29.3 Å². The van der Waals surface area contributed by atoms with Crippen LogP contribution < -0.4 is 0 Å². The van der Waals surface area contributed by atoms with E-state index in [0.717, 1.165) is 42.8 Å². The summed E-state index contributed by atoms with van der Waals surface area (Å²) in [5, 5.41) is 9.34. The Kier molecular flexibility index (Phi) is 3.91. The van der Waals surface area contributed by atoms with Crippen LogP contribution in [0.2, 0.25) is 0 Å². The SMILES string of the molecule is Cc1sc(/C=C/C(=O)O)nc1C1CCOCC1. The van der Waals surface area contributed by atoms with Crippen LogP contribution in [0.1, 0.15) is 34.3 Å². The van der Waals surface area contributed by atoms with Crippen molar-refractivity contribution in [1.82, 2.24) is 4.98 Å². The van der Waals surface area contributed by atoms with Gasteiger partial charge in [0.2, 0.25) is 0 Å². The number of hydrogen-bond donors (Lipinski definition) is 1. The molecule has 1 fully saturated rings. The Balaban J connectivity index is 2.15. The van der Waals surface area contributed by atoms with Gasteiger partial charge in [0.1, 0.15) is 5.01 Å². The van der Waals surface area contributed by atoms with E-state index in [1.54, 1.807) is 17.4 Å². The smallest absolute Gasteiger partial charge is 0.328 e. The number of hydrogen-bond acceptors (Lipinski definition) is 4. The molecule has 0 amide bonds. The highest BCUT2D eigenvalue weighted by Gasteiger charge is 2.20. The first-order chi connectivity index (χ1) is 8.16. The maximum absolute atomic E-state index is 10.4. The molecule has 1 aliphatic rings. The van der Waals surface area contributed by atoms with E-state index in [1.165, 1.54) is 4.88 Å². The predicted octanol–water partition coefficient (Wildman–Crippen LogP) is 2.44. The molecule has 0 unspecified atom stereocenters. The summed E-state index contributed by atoms with van der Waals surface area (Å²) < 4.78 is 5.33. The minimum Gasteiger partial charge on any atom is -0.478 e. The first-order valence-corrected chi connectivity index (χ1v) is 6.44.